The molecule has 1 fully saturated rings. The number of carbonyl (C=O) groups excluding carboxylic acids is 1. The summed E-state index contributed by atoms with van der Waals surface area (Å²) in [5.74, 6) is 1.11. The van der Waals surface area contributed by atoms with E-state index >= 15 is 0 Å². The topological polar surface area (TPSA) is 126 Å². The van der Waals surface area contributed by atoms with Crippen LogP contribution in [0.5, 0.6) is 0 Å². The minimum Gasteiger partial charge on any atom is -0.384 e. The molecule has 202 valence electrons. The second-order valence-electron chi connectivity index (χ2n) is 10.5. The van der Waals surface area contributed by atoms with Gasteiger partial charge in [-0.2, -0.15) is 5.26 Å². The van der Waals surface area contributed by atoms with Crippen LogP contribution in [0.15, 0.2) is 55.0 Å². The van der Waals surface area contributed by atoms with Crippen molar-refractivity contribution in [3.05, 3.63) is 77.4 Å². The first-order valence-corrected chi connectivity index (χ1v) is 13.2. The summed E-state index contributed by atoms with van der Waals surface area (Å²) in [6, 6.07) is 13.5. The predicted octanol–water partition coefficient (Wildman–Crippen LogP) is 3.41. The molecule has 0 saturated carbocycles. The van der Waals surface area contributed by atoms with Gasteiger partial charge < -0.3 is 19.7 Å². The summed E-state index contributed by atoms with van der Waals surface area (Å²) in [5, 5.41) is 13.5. The first kappa shape index (κ1) is 25.8. The molecule has 2 aliphatic rings. The summed E-state index contributed by atoms with van der Waals surface area (Å²) in [6.07, 6.45) is 5.24. The molecule has 1 atom stereocenters. The molecule has 0 aliphatic carbocycles. The third-order valence-electron chi connectivity index (χ3n) is 7.49. The Morgan fingerprint density at radius 3 is 2.88 bits per heavy atom. The highest BCUT2D eigenvalue weighted by atomic mass is 16.5. The number of ether oxygens (including phenoxy) is 2. The van der Waals surface area contributed by atoms with Gasteiger partial charge in [-0.05, 0) is 48.4 Å². The molecule has 3 aromatic heterocycles. The van der Waals surface area contributed by atoms with Crippen LogP contribution in [0.1, 0.15) is 34.1 Å². The van der Waals surface area contributed by atoms with Crippen molar-refractivity contribution in [2.45, 2.75) is 25.5 Å². The van der Waals surface area contributed by atoms with Crippen LogP contribution in [0.3, 0.4) is 0 Å². The van der Waals surface area contributed by atoms with E-state index in [1.165, 1.54) is 0 Å². The third kappa shape index (κ3) is 4.97. The second kappa shape index (κ2) is 10.6. The molecule has 6 rings (SSSR count). The third-order valence-corrected chi connectivity index (χ3v) is 7.49. The molecule has 0 bridgehead atoms. The van der Waals surface area contributed by atoms with Gasteiger partial charge in [-0.25, -0.2) is 9.97 Å². The van der Waals surface area contributed by atoms with Crippen LogP contribution < -0.4 is 10.2 Å². The molecule has 1 saturated heterocycles. The SMILES string of the molecule is COCC1CN(c2cncc(-c3ccc4cnc(CNC(=O)c5ccc6c(c5)[C@](C)(C#N)COC6)cc4n3)n2)C1. The molecule has 1 aromatic carbocycles. The normalized spacial score (nSPS) is 18.6. The number of hydrogen-bond acceptors (Lipinski definition) is 9. The number of aromatic nitrogens is 4. The number of nitriles is 1. The summed E-state index contributed by atoms with van der Waals surface area (Å²) < 4.78 is 10.8. The first-order chi connectivity index (χ1) is 19.5. The molecular formula is C30H29N7O3. The number of methoxy groups -OCH3 is 1. The number of carbonyl (C=O) groups is 1. The van der Waals surface area contributed by atoms with Gasteiger partial charge in [-0.1, -0.05) is 6.07 Å². The number of nitrogens with zero attached hydrogens (tertiary/aromatic N) is 6. The van der Waals surface area contributed by atoms with Crippen LogP contribution in [-0.2, 0) is 28.0 Å². The van der Waals surface area contributed by atoms with Crippen LogP contribution in [0.4, 0.5) is 5.82 Å². The Balaban J connectivity index is 1.17. The highest BCUT2D eigenvalue weighted by molar-refractivity contribution is 5.94. The standard InChI is InChI=1S/C30H29N7O3/c1-30(17-31)18-40-16-22-4-3-20(7-24(22)30)29(38)34-10-23-8-26-21(9-33-23)5-6-25(35-26)27-11-32-12-28(36-27)37-13-19(14-37)15-39-2/h3-9,11-12,19H,10,13-16,18H2,1-2H3,(H,34,38)/t30-/m1/s1. The molecule has 40 heavy (non-hydrogen) atoms. The summed E-state index contributed by atoms with van der Waals surface area (Å²) in [4.78, 5) is 33.7. The van der Waals surface area contributed by atoms with Crippen molar-refractivity contribution in [2.75, 3.05) is 38.3 Å². The highest BCUT2D eigenvalue weighted by Gasteiger charge is 2.33. The molecule has 1 amide bonds. The molecule has 4 aromatic rings. The lowest BCUT2D eigenvalue weighted by molar-refractivity contribution is 0.0757. The van der Waals surface area contributed by atoms with Crippen LogP contribution in [-0.4, -0.2) is 59.3 Å². The molecule has 1 N–H and O–H groups in total. The number of nitrogens with one attached hydrogen (secondary N) is 1. The van der Waals surface area contributed by atoms with Crippen molar-refractivity contribution in [3.8, 4) is 17.5 Å². The van der Waals surface area contributed by atoms with Crippen LogP contribution in [0.25, 0.3) is 22.3 Å². The number of pyridine rings is 2. The van der Waals surface area contributed by atoms with Gasteiger partial charge in [0.2, 0.25) is 0 Å². The fourth-order valence-electron chi connectivity index (χ4n) is 5.19. The van der Waals surface area contributed by atoms with Crippen LogP contribution >= 0.6 is 0 Å². The summed E-state index contributed by atoms with van der Waals surface area (Å²) in [5.41, 5.74) is 4.34. The Labute approximate surface area is 232 Å². The van der Waals surface area contributed by atoms with E-state index in [1.54, 1.807) is 37.8 Å². The Morgan fingerprint density at radius 1 is 1.18 bits per heavy atom. The molecule has 0 spiro atoms. The van der Waals surface area contributed by atoms with Gasteiger partial charge in [0.15, 0.2) is 0 Å². The van der Waals surface area contributed by atoms with E-state index in [0.29, 0.717) is 36.1 Å². The average molecular weight is 536 g/mol. The Bertz CT molecular complexity index is 1630. The van der Waals surface area contributed by atoms with Gasteiger partial charge in [0, 0.05) is 43.3 Å². The van der Waals surface area contributed by atoms with Crippen molar-refractivity contribution in [2.24, 2.45) is 5.92 Å². The zero-order chi connectivity index (χ0) is 27.7. The average Bonchev–Trinajstić information content (AvgIpc) is 2.97. The highest BCUT2D eigenvalue weighted by Crippen LogP contribution is 2.32. The van der Waals surface area contributed by atoms with Crippen molar-refractivity contribution >= 4 is 22.6 Å². The molecule has 10 heteroatoms. The Hall–Kier alpha value is -4.46. The minimum absolute atomic E-state index is 0.232. The first-order valence-electron chi connectivity index (χ1n) is 13.2. The molecular weight excluding hydrogens is 506 g/mol. The lowest BCUT2D eigenvalue weighted by Crippen LogP contribution is -2.49. The smallest absolute Gasteiger partial charge is 0.251 e. The van der Waals surface area contributed by atoms with Gasteiger partial charge in [-0.3, -0.25) is 14.8 Å². The van der Waals surface area contributed by atoms with E-state index in [4.69, 9.17) is 19.4 Å². The number of benzene rings is 1. The van der Waals surface area contributed by atoms with Crippen molar-refractivity contribution in [1.29, 1.82) is 5.26 Å². The van der Waals surface area contributed by atoms with E-state index < -0.39 is 5.41 Å². The van der Waals surface area contributed by atoms with Gasteiger partial charge >= 0.3 is 0 Å². The van der Waals surface area contributed by atoms with E-state index in [1.807, 2.05) is 31.2 Å². The van der Waals surface area contributed by atoms with Crippen molar-refractivity contribution < 1.29 is 14.3 Å². The van der Waals surface area contributed by atoms with Gasteiger partial charge in [0.1, 0.15) is 16.9 Å². The van der Waals surface area contributed by atoms with Crippen molar-refractivity contribution in [3.63, 3.8) is 0 Å². The molecule has 10 nitrogen and oxygen atoms in total. The summed E-state index contributed by atoms with van der Waals surface area (Å²) >= 11 is 0. The van der Waals surface area contributed by atoms with Gasteiger partial charge in [0.25, 0.3) is 5.91 Å². The molecule has 0 unspecified atom stereocenters. The fourth-order valence-corrected chi connectivity index (χ4v) is 5.19. The largest absolute Gasteiger partial charge is 0.384 e. The Kier molecular flexibility index (Phi) is 6.84. The molecule has 2 aliphatic heterocycles. The maximum Gasteiger partial charge on any atom is 0.251 e. The molecule has 5 heterocycles. The van der Waals surface area contributed by atoms with E-state index in [9.17, 15) is 10.1 Å². The zero-order valence-electron chi connectivity index (χ0n) is 22.4. The number of fused-ring (bicyclic) bond motifs is 2. The van der Waals surface area contributed by atoms with Gasteiger partial charge in [-0.15, -0.1) is 0 Å². The van der Waals surface area contributed by atoms with E-state index in [2.05, 4.69) is 26.3 Å². The van der Waals surface area contributed by atoms with Gasteiger partial charge in [0.05, 0.1) is 61.7 Å². The maximum absolute atomic E-state index is 13.0. The fraction of sp³-hybridized carbons (Fsp3) is 0.333. The Morgan fingerprint density at radius 2 is 2.05 bits per heavy atom. The van der Waals surface area contributed by atoms with Crippen LogP contribution in [0.2, 0.25) is 0 Å². The lowest BCUT2D eigenvalue weighted by atomic mass is 9.79. The summed E-state index contributed by atoms with van der Waals surface area (Å²) in [7, 11) is 1.72. The lowest BCUT2D eigenvalue weighted by Gasteiger charge is -2.39. The minimum atomic E-state index is -0.779. The molecule has 0 radical (unpaired) electrons. The predicted molar refractivity (Wildman–Crippen MR) is 148 cm³/mol. The monoisotopic (exact) mass is 535 g/mol. The van der Waals surface area contributed by atoms with Crippen LogP contribution in [0, 0.1) is 17.2 Å². The zero-order valence-corrected chi connectivity index (χ0v) is 22.4. The van der Waals surface area contributed by atoms with E-state index in [0.717, 1.165) is 53.2 Å². The quantitative estimate of drug-likeness (QED) is 0.379. The van der Waals surface area contributed by atoms with Crippen molar-refractivity contribution in [1.82, 2.24) is 25.3 Å². The number of hydrogen-bond donors (Lipinski definition) is 1. The number of amides is 1. The number of rotatable bonds is 7. The maximum atomic E-state index is 13.0. The summed E-state index contributed by atoms with van der Waals surface area (Å²) in [6.45, 7) is 5.36. The second-order valence-corrected chi connectivity index (χ2v) is 10.5. The number of anilines is 1. The van der Waals surface area contributed by atoms with E-state index in [-0.39, 0.29) is 12.5 Å².